The van der Waals surface area contributed by atoms with Crippen molar-refractivity contribution in [3.05, 3.63) is 41.2 Å². The average molecular weight is 233 g/mol. The van der Waals surface area contributed by atoms with E-state index in [4.69, 9.17) is 0 Å². The van der Waals surface area contributed by atoms with E-state index >= 15 is 0 Å². The molecule has 1 amide bonds. The summed E-state index contributed by atoms with van der Waals surface area (Å²) in [7, 11) is 0. The largest absolute Gasteiger partial charge is 0.350 e. The molecule has 1 aromatic rings. The highest BCUT2D eigenvalue weighted by atomic mass is 19.1. The zero-order chi connectivity index (χ0) is 12.4. The van der Waals surface area contributed by atoms with Gasteiger partial charge in [0.05, 0.1) is 0 Å². The van der Waals surface area contributed by atoms with Crippen LogP contribution >= 0.6 is 0 Å². The summed E-state index contributed by atoms with van der Waals surface area (Å²) in [5.74, 6) is -0.354. The molecule has 0 spiro atoms. The van der Waals surface area contributed by atoms with Gasteiger partial charge in [0, 0.05) is 12.1 Å². The molecule has 0 bridgehead atoms. The molecule has 0 saturated carbocycles. The minimum absolute atomic E-state index is 0.105. The second-order valence-corrected chi connectivity index (χ2v) is 4.63. The molecule has 1 aliphatic rings. The van der Waals surface area contributed by atoms with Gasteiger partial charge in [-0.2, -0.15) is 0 Å². The van der Waals surface area contributed by atoms with Crippen LogP contribution in [0.25, 0.3) is 5.57 Å². The first-order valence-corrected chi connectivity index (χ1v) is 5.86. The van der Waals surface area contributed by atoms with Crippen molar-refractivity contribution in [1.29, 1.82) is 0 Å². The van der Waals surface area contributed by atoms with Gasteiger partial charge >= 0.3 is 0 Å². The normalized spacial score (nSPS) is 16.4. The highest BCUT2D eigenvalue weighted by molar-refractivity contribution is 5.96. The monoisotopic (exact) mass is 233 g/mol. The maximum atomic E-state index is 13.2. The smallest absolute Gasteiger partial charge is 0.244 e. The molecule has 90 valence electrons. The van der Waals surface area contributed by atoms with Crippen molar-refractivity contribution >= 4 is 11.5 Å². The van der Waals surface area contributed by atoms with Gasteiger partial charge in [-0.15, -0.1) is 0 Å². The van der Waals surface area contributed by atoms with Crippen molar-refractivity contribution in [3.63, 3.8) is 0 Å². The number of hydrogen-bond acceptors (Lipinski definition) is 1. The van der Waals surface area contributed by atoms with Gasteiger partial charge in [0.15, 0.2) is 0 Å². The zero-order valence-corrected chi connectivity index (χ0v) is 10.1. The van der Waals surface area contributed by atoms with Crippen molar-refractivity contribution < 1.29 is 9.18 Å². The number of hydrogen-bond donors (Lipinski definition) is 1. The number of halogens is 1. The van der Waals surface area contributed by atoms with E-state index in [1.165, 1.54) is 12.1 Å². The van der Waals surface area contributed by atoms with E-state index in [2.05, 4.69) is 5.32 Å². The minimum Gasteiger partial charge on any atom is -0.350 e. The molecule has 0 unspecified atom stereocenters. The molecule has 0 aromatic heterocycles. The van der Waals surface area contributed by atoms with Gasteiger partial charge in [0.1, 0.15) is 5.82 Å². The summed E-state index contributed by atoms with van der Waals surface area (Å²) >= 11 is 0. The lowest BCUT2D eigenvalue weighted by Crippen LogP contribution is -2.28. The Hall–Kier alpha value is -1.64. The van der Waals surface area contributed by atoms with Crippen molar-refractivity contribution in [2.45, 2.75) is 32.7 Å². The standard InChI is InChI=1S/C14H16FNO/c1-9(2)16-14(17)7-11-4-3-10-5-6-12(15)8-13(10)11/h5-9H,3-4H2,1-2H3,(H,16,17). The maximum Gasteiger partial charge on any atom is 0.244 e. The van der Waals surface area contributed by atoms with Crippen LogP contribution in [0.2, 0.25) is 0 Å². The average Bonchev–Trinajstić information content (AvgIpc) is 2.60. The van der Waals surface area contributed by atoms with E-state index < -0.39 is 0 Å². The predicted molar refractivity (Wildman–Crippen MR) is 66.0 cm³/mol. The third kappa shape index (κ3) is 2.73. The van der Waals surface area contributed by atoms with E-state index in [0.717, 1.165) is 29.5 Å². The van der Waals surface area contributed by atoms with Crippen LogP contribution in [0.1, 0.15) is 31.4 Å². The summed E-state index contributed by atoms with van der Waals surface area (Å²) in [6.07, 6.45) is 3.28. The van der Waals surface area contributed by atoms with Crippen LogP contribution in [0.4, 0.5) is 4.39 Å². The van der Waals surface area contributed by atoms with Gasteiger partial charge in [0.25, 0.3) is 0 Å². The fourth-order valence-corrected chi connectivity index (χ4v) is 2.10. The second kappa shape index (κ2) is 4.70. The van der Waals surface area contributed by atoms with Crippen molar-refractivity contribution in [3.8, 4) is 0 Å². The summed E-state index contributed by atoms with van der Waals surface area (Å²) in [4.78, 5) is 11.6. The summed E-state index contributed by atoms with van der Waals surface area (Å²) in [5, 5.41) is 2.81. The van der Waals surface area contributed by atoms with Gasteiger partial charge < -0.3 is 5.32 Å². The van der Waals surface area contributed by atoms with Crippen LogP contribution in [-0.2, 0) is 11.2 Å². The number of benzene rings is 1. The molecule has 1 N–H and O–H groups in total. The molecular formula is C14H16FNO. The molecule has 1 aliphatic carbocycles. The van der Waals surface area contributed by atoms with Crippen molar-refractivity contribution in [1.82, 2.24) is 5.32 Å². The van der Waals surface area contributed by atoms with Gasteiger partial charge in [-0.1, -0.05) is 6.07 Å². The van der Waals surface area contributed by atoms with E-state index in [-0.39, 0.29) is 17.8 Å². The van der Waals surface area contributed by atoms with E-state index in [0.29, 0.717) is 0 Å². The minimum atomic E-state index is -0.249. The van der Waals surface area contributed by atoms with Crippen molar-refractivity contribution in [2.24, 2.45) is 0 Å². The SMILES string of the molecule is CC(C)NC(=O)C=C1CCc2ccc(F)cc21. The Morgan fingerprint density at radius 1 is 1.41 bits per heavy atom. The van der Waals surface area contributed by atoms with Gasteiger partial charge in [-0.05, 0) is 55.5 Å². The summed E-state index contributed by atoms with van der Waals surface area (Å²) < 4.78 is 13.2. The highest BCUT2D eigenvalue weighted by Gasteiger charge is 2.17. The molecule has 0 atom stereocenters. The molecule has 0 radical (unpaired) electrons. The first kappa shape index (κ1) is 11.8. The molecule has 17 heavy (non-hydrogen) atoms. The van der Waals surface area contributed by atoms with Crippen LogP contribution < -0.4 is 5.32 Å². The number of amides is 1. The Kier molecular flexibility index (Phi) is 3.27. The molecule has 2 nitrogen and oxygen atoms in total. The number of allylic oxidation sites excluding steroid dienone is 1. The third-order valence-electron chi connectivity index (χ3n) is 2.82. The fraction of sp³-hybridized carbons (Fsp3) is 0.357. The summed E-state index contributed by atoms with van der Waals surface area (Å²) in [6.45, 7) is 3.83. The first-order valence-electron chi connectivity index (χ1n) is 5.86. The van der Waals surface area contributed by atoms with Crippen LogP contribution in [0.5, 0.6) is 0 Å². The molecule has 2 rings (SSSR count). The van der Waals surface area contributed by atoms with Gasteiger partial charge in [-0.3, -0.25) is 4.79 Å². The Bertz CT molecular complexity index is 477. The summed E-state index contributed by atoms with van der Waals surface area (Å²) in [6, 6.07) is 4.89. The predicted octanol–water partition coefficient (Wildman–Crippen LogP) is 2.68. The Labute approximate surface area is 101 Å². The van der Waals surface area contributed by atoms with Crippen molar-refractivity contribution in [2.75, 3.05) is 0 Å². The molecule has 0 heterocycles. The number of nitrogens with one attached hydrogen (secondary N) is 1. The fourth-order valence-electron chi connectivity index (χ4n) is 2.10. The molecule has 0 fully saturated rings. The lowest BCUT2D eigenvalue weighted by molar-refractivity contribution is -0.116. The highest BCUT2D eigenvalue weighted by Crippen LogP contribution is 2.32. The number of carbonyl (C=O) groups excluding carboxylic acids is 1. The van der Waals surface area contributed by atoms with Crippen LogP contribution in [0, 0.1) is 5.82 Å². The Morgan fingerprint density at radius 3 is 2.88 bits per heavy atom. The topological polar surface area (TPSA) is 29.1 Å². The number of carbonyl (C=O) groups is 1. The van der Waals surface area contributed by atoms with E-state index in [9.17, 15) is 9.18 Å². The number of rotatable bonds is 2. The lowest BCUT2D eigenvalue weighted by atomic mass is 10.1. The van der Waals surface area contributed by atoms with E-state index in [1.54, 1.807) is 12.1 Å². The maximum absolute atomic E-state index is 13.2. The van der Waals surface area contributed by atoms with Gasteiger partial charge in [0.2, 0.25) is 5.91 Å². The molecule has 1 aromatic carbocycles. The number of fused-ring (bicyclic) bond motifs is 1. The Morgan fingerprint density at radius 2 is 2.18 bits per heavy atom. The lowest BCUT2D eigenvalue weighted by Gasteiger charge is -2.06. The number of aryl methyl sites for hydroxylation is 1. The van der Waals surface area contributed by atoms with Crippen LogP contribution in [-0.4, -0.2) is 11.9 Å². The second-order valence-electron chi connectivity index (χ2n) is 4.63. The molecule has 0 aliphatic heterocycles. The van der Waals surface area contributed by atoms with Crippen LogP contribution in [0.3, 0.4) is 0 Å². The quantitative estimate of drug-likeness (QED) is 0.782. The van der Waals surface area contributed by atoms with Gasteiger partial charge in [-0.25, -0.2) is 4.39 Å². The third-order valence-corrected chi connectivity index (χ3v) is 2.82. The molecular weight excluding hydrogens is 217 g/mol. The zero-order valence-electron chi connectivity index (χ0n) is 10.1. The Balaban J connectivity index is 2.24. The molecule has 3 heteroatoms. The first-order chi connectivity index (χ1) is 8.06. The van der Waals surface area contributed by atoms with E-state index in [1.807, 2.05) is 13.8 Å². The molecule has 0 saturated heterocycles. The van der Waals surface area contributed by atoms with Crippen LogP contribution in [0.15, 0.2) is 24.3 Å². The summed E-state index contributed by atoms with van der Waals surface area (Å²) in [5.41, 5.74) is 2.93.